The molecule has 1 atom stereocenters. The van der Waals surface area contributed by atoms with Crippen LogP contribution in [0.4, 0.5) is 0 Å². The normalized spacial score (nSPS) is 20.2. The Balaban J connectivity index is 2.34. The lowest BCUT2D eigenvalue weighted by Gasteiger charge is -2.32. The number of carbonyl (C=O) groups excluding carboxylic acids is 1. The van der Waals surface area contributed by atoms with Gasteiger partial charge in [-0.15, -0.1) is 0 Å². The van der Waals surface area contributed by atoms with Crippen molar-refractivity contribution in [1.82, 2.24) is 9.80 Å². The van der Waals surface area contributed by atoms with E-state index in [1.54, 1.807) is 0 Å². The average molecular weight is 270 g/mol. The Morgan fingerprint density at radius 3 is 2.53 bits per heavy atom. The first-order chi connectivity index (χ1) is 9.10. The van der Waals surface area contributed by atoms with Gasteiger partial charge in [0, 0.05) is 19.5 Å². The number of hydrogen-bond donors (Lipinski definition) is 1. The highest BCUT2D eigenvalue weighted by molar-refractivity contribution is 5.76. The van der Waals surface area contributed by atoms with Crippen LogP contribution in [0.15, 0.2) is 0 Å². The van der Waals surface area contributed by atoms with Crippen LogP contribution < -0.4 is 0 Å². The van der Waals surface area contributed by atoms with E-state index in [-0.39, 0.29) is 11.9 Å². The Hall–Kier alpha value is -1.10. The number of hydrogen-bond acceptors (Lipinski definition) is 3. The van der Waals surface area contributed by atoms with Gasteiger partial charge in [0.05, 0.1) is 0 Å². The molecular formula is C14H26N2O3. The van der Waals surface area contributed by atoms with Crippen molar-refractivity contribution in [2.24, 2.45) is 0 Å². The van der Waals surface area contributed by atoms with Gasteiger partial charge in [0.2, 0.25) is 5.91 Å². The van der Waals surface area contributed by atoms with Crippen LogP contribution in [0.5, 0.6) is 0 Å². The minimum absolute atomic E-state index is 0.175. The van der Waals surface area contributed by atoms with Crippen molar-refractivity contribution in [1.29, 1.82) is 0 Å². The van der Waals surface area contributed by atoms with Crippen LogP contribution in [0.2, 0.25) is 0 Å². The molecule has 1 unspecified atom stereocenters. The fourth-order valence-corrected chi connectivity index (χ4v) is 2.71. The van der Waals surface area contributed by atoms with Crippen LogP contribution in [-0.4, -0.2) is 59.0 Å². The van der Waals surface area contributed by atoms with E-state index in [0.717, 1.165) is 45.3 Å². The maximum Gasteiger partial charge on any atom is 0.320 e. The molecule has 0 aromatic carbocycles. The van der Waals surface area contributed by atoms with Gasteiger partial charge in [0.25, 0.3) is 0 Å². The van der Waals surface area contributed by atoms with Crippen molar-refractivity contribution >= 4 is 11.9 Å². The summed E-state index contributed by atoms with van der Waals surface area (Å²) in [6.45, 7) is 7.01. The maximum atomic E-state index is 11.9. The van der Waals surface area contributed by atoms with Crippen LogP contribution in [0.3, 0.4) is 0 Å². The van der Waals surface area contributed by atoms with E-state index in [9.17, 15) is 9.59 Å². The number of carboxylic acids is 1. The summed E-state index contributed by atoms with van der Waals surface area (Å²) in [4.78, 5) is 26.8. The standard InChI is InChI=1S/C14H26N2O3/c1-3-15(4-2)13(17)9-7-11-16-10-6-5-8-12(16)14(18)19/h12H,3-11H2,1-2H3,(H,18,19). The molecule has 5 nitrogen and oxygen atoms in total. The minimum atomic E-state index is -0.727. The first kappa shape index (κ1) is 16.0. The molecule has 1 saturated heterocycles. The summed E-state index contributed by atoms with van der Waals surface area (Å²) >= 11 is 0. The Kier molecular flexibility index (Phi) is 6.84. The molecule has 1 aliphatic heterocycles. The summed E-state index contributed by atoms with van der Waals surface area (Å²) in [5, 5.41) is 9.16. The van der Waals surface area contributed by atoms with Gasteiger partial charge in [-0.05, 0) is 46.2 Å². The molecule has 0 aromatic rings. The molecule has 1 rings (SSSR count). The van der Waals surface area contributed by atoms with Crippen molar-refractivity contribution in [3.05, 3.63) is 0 Å². The molecule has 1 N–H and O–H groups in total. The second-order valence-electron chi connectivity index (χ2n) is 5.06. The molecule has 110 valence electrons. The summed E-state index contributed by atoms with van der Waals surface area (Å²) in [7, 11) is 0. The number of likely N-dealkylation sites (tertiary alicyclic amines) is 1. The highest BCUT2D eigenvalue weighted by atomic mass is 16.4. The smallest absolute Gasteiger partial charge is 0.320 e. The van der Waals surface area contributed by atoms with Gasteiger partial charge < -0.3 is 10.0 Å². The van der Waals surface area contributed by atoms with Crippen molar-refractivity contribution in [2.75, 3.05) is 26.2 Å². The fourth-order valence-electron chi connectivity index (χ4n) is 2.71. The number of carboxylic acid groups (broad SMARTS) is 1. The summed E-state index contributed by atoms with van der Waals surface area (Å²) in [6, 6.07) is -0.350. The van der Waals surface area contributed by atoms with Crippen molar-refractivity contribution in [3.63, 3.8) is 0 Å². The molecule has 5 heteroatoms. The molecule has 0 radical (unpaired) electrons. The topological polar surface area (TPSA) is 60.9 Å². The third-order valence-corrected chi connectivity index (χ3v) is 3.85. The Morgan fingerprint density at radius 1 is 1.26 bits per heavy atom. The van der Waals surface area contributed by atoms with Gasteiger partial charge in [-0.2, -0.15) is 0 Å². The second kappa shape index (κ2) is 8.15. The van der Waals surface area contributed by atoms with Gasteiger partial charge in [-0.1, -0.05) is 6.42 Å². The molecule has 0 saturated carbocycles. The van der Waals surface area contributed by atoms with Gasteiger partial charge >= 0.3 is 5.97 Å². The highest BCUT2D eigenvalue weighted by Gasteiger charge is 2.27. The monoisotopic (exact) mass is 270 g/mol. The van der Waals surface area contributed by atoms with E-state index >= 15 is 0 Å². The first-order valence-corrected chi connectivity index (χ1v) is 7.34. The van der Waals surface area contributed by atoms with Crippen molar-refractivity contribution in [2.45, 2.75) is 52.0 Å². The van der Waals surface area contributed by atoms with Gasteiger partial charge in [0.15, 0.2) is 0 Å². The van der Waals surface area contributed by atoms with E-state index in [2.05, 4.69) is 0 Å². The van der Waals surface area contributed by atoms with Crippen LogP contribution in [0.25, 0.3) is 0 Å². The lowest BCUT2D eigenvalue weighted by Crippen LogP contribution is -2.45. The van der Waals surface area contributed by atoms with E-state index in [0.29, 0.717) is 13.0 Å². The van der Waals surface area contributed by atoms with E-state index < -0.39 is 5.97 Å². The number of nitrogens with zero attached hydrogens (tertiary/aromatic N) is 2. The summed E-state index contributed by atoms with van der Waals surface area (Å²) in [5.41, 5.74) is 0. The first-order valence-electron chi connectivity index (χ1n) is 7.34. The summed E-state index contributed by atoms with van der Waals surface area (Å²) in [6.07, 6.45) is 4.06. The Labute approximate surface area is 115 Å². The van der Waals surface area contributed by atoms with Gasteiger partial charge in [0.1, 0.15) is 6.04 Å². The largest absolute Gasteiger partial charge is 0.480 e. The molecule has 0 aliphatic carbocycles. The van der Waals surface area contributed by atoms with E-state index in [1.807, 2.05) is 23.6 Å². The second-order valence-corrected chi connectivity index (χ2v) is 5.06. The minimum Gasteiger partial charge on any atom is -0.480 e. The SMILES string of the molecule is CCN(CC)C(=O)CCCN1CCCCC1C(=O)O. The fraction of sp³-hybridized carbons (Fsp3) is 0.857. The number of aliphatic carboxylic acids is 1. The zero-order chi connectivity index (χ0) is 14.3. The number of amides is 1. The lowest BCUT2D eigenvalue weighted by molar-refractivity contribution is -0.144. The predicted octanol–water partition coefficient (Wildman–Crippen LogP) is 1.57. The number of rotatable bonds is 7. The van der Waals surface area contributed by atoms with Crippen LogP contribution in [0, 0.1) is 0 Å². The zero-order valence-corrected chi connectivity index (χ0v) is 12.1. The third kappa shape index (κ3) is 4.82. The quantitative estimate of drug-likeness (QED) is 0.763. The van der Waals surface area contributed by atoms with Crippen LogP contribution in [0.1, 0.15) is 46.0 Å². The Morgan fingerprint density at radius 2 is 1.95 bits per heavy atom. The molecule has 19 heavy (non-hydrogen) atoms. The zero-order valence-electron chi connectivity index (χ0n) is 12.1. The molecular weight excluding hydrogens is 244 g/mol. The summed E-state index contributed by atoms with van der Waals surface area (Å²) in [5.74, 6) is -0.552. The predicted molar refractivity (Wildman–Crippen MR) is 74.0 cm³/mol. The summed E-state index contributed by atoms with van der Waals surface area (Å²) < 4.78 is 0. The Bertz CT molecular complexity index is 303. The number of piperidine rings is 1. The van der Waals surface area contributed by atoms with Gasteiger partial charge in [-0.3, -0.25) is 14.5 Å². The number of carbonyl (C=O) groups is 2. The van der Waals surface area contributed by atoms with Crippen LogP contribution in [-0.2, 0) is 9.59 Å². The molecule has 1 amide bonds. The highest BCUT2D eigenvalue weighted by Crippen LogP contribution is 2.17. The third-order valence-electron chi connectivity index (χ3n) is 3.85. The molecule has 1 fully saturated rings. The van der Waals surface area contributed by atoms with Crippen molar-refractivity contribution in [3.8, 4) is 0 Å². The molecule has 1 heterocycles. The van der Waals surface area contributed by atoms with Crippen LogP contribution >= 0.6 is 0 Å². The lowest BCUT2D eigenvalue weighted by atomic mass is 10.0. The molecule has 0 bridgehead atoms. The average Bonchev–Trinajstić information content (AvgIpc) is 2.40. The van der Waals surface area contributed by atoms with E-state index in [4.69, 9.17) is 5.11 Å². The van der Waals surface area contributed by atoms with Crippen molar-refractivity contribution < 1.29 is 14.7 Å². The van der Waals surface area contributed by atoms with E-state index in [1.165, 1.54) is 0 Å². The molecule has 0 spiro atoms. The van der Waals surface area contributed by atoms with Gasteiger partial charge in [-0.25, -0.2) is 0 Å². The maximum absolute atomic E-state index is 11.9. The molecule has 0 aromatic heterocycles. The molecule has 1 aliphatic rings.